The number of hydrogen-bond donors (Lipinski definition) is 0. The van der Waals surface area contributed by atoms with Gasteiger partial charge >= 0.3 is 5.97 Å². The number of carbonyl (C=O) groups excluding carboxylic acids is 2. The Hall–Kier alpha value is -3.01. The van der Waals surface area contributed by atoms with Crippen LogP contribution in [0.2, 0.25) is 0 Å². The van der Waals surface area contributed by atoms with Gasteiger partial charge in [-0.25, -0.2) is 4.79 Å². The molecule has 1 aromatic carbocycles. The number of nitro groups is 1. The SMILES string of the molecule is CCCC(=O)/C(=C\c1ccc([N+](=O)[O-])cc1)C(=O)OCCC#N. The third-order valence-corrected chi connectivity index (χ3v) is 2.86. The molecule has 0 aliphatic rings. The maximum atomic E-state index is 12.1. The third kappa shape index (κ3) is 5.71. The van der Waals surface area contributed by atoms with Crippen molar-refractivity contribution in [1.82, 2.24) is 0 Å². The van der Waals surface area contributed by atoms with E-state index in [4.69, 9.17) is 10.00 Å². The van der Waals surface area contributed by atoms with Crippen molar-refractivity contribution >= 4 is 23.5 Å². The first-order chi connectivity index (χ1) is 11.0. The van der Waals surface area contributed by atoms with Gasteiger partial charge < -0.3 is 4.74 Å². The molecule has 0 fully saturated rings. The number of ketones is 1. The number of hydrogen-bond acceptors (Lipinski definition) is 6. The fourth-order valence-electron chi connectivity index (χ4n) is 1.74. The van der Waals surface area contributed by atoms with Crippen LogP contribution < -0.4 is 0 Å². The Kier molecular flexibility index (Phi) is 7.14. The Morgan fingerprint density at radius 1 is 1.35 bits per heavy atom. The minimum Gasteiger partial charge on any atom is -0.461 e. The smallest absolute Gasteiger partial charge is 0.341 e. The van der Waals surface area contributed by atoms with Gasteiger partial charge in [0.15, 0.2) is 5.78 Å². The Bertz CT molecular complexity index is 656. The summed E-state index contributed by atoms with van der Waals surface area (Å²) >= 11 is 0. The molecular formula is C16H16N2O5. The summed E-state index contributed by atoms with van der Waals surface area (Å²) < 4.78 is 4.89. The van der Waals surface area contributed by atoms with E-state index < -0.39 is 10.9 Å². The highest BCUT2D eigenvalue weighted by Gasteiger charge is 2.19. The van der Waals surface area contributed by atoms with E-state index in [2.05, 4.69) is 0 Å². The van der Waals surface area contributed by atoms with Crippen molar-refractivity contribution < 1.29 is 19.2 Å². The summed E-state index contributed by atoms with van der Waals surface area (Å²) in [5.41, 5.74) is 0.270. The minimum absolute atomic E-state index is 0.0402. The molecule has 0 radical (unpaired) electrons. The molecule has 7 heteroatoms. The molecule has 0 saturated heterocycles. The van der Waals surface area contributed by atoms with Gasteiger partial charge in [0.25, 0.3) is 5.69 Å². The van der Waals surface area contributed by atoms with E-state index in [0.717, 1.165) is 0 Å². The fourth-order valence-corrected chi connectivity index (χ4v) is 1.74. The van der Waals surface area contributed by atoms with Gasteiger partial charge in [0.2, 0.25) is 0 Å². The molecule has 1 aromatic rings. The van der Waals surface area contributed by atoms with Crippen LogP contribution in [-0.2, 0) is 14.3 Å². The number of carbonyl (C=O) groups is 2. The predicted octanol–water partition coefficient (Wildman–Crippen LogP) is 2.80. The average molecular weight is 316 g/mol. The number of non-ortho nitro benzene ring substituents is 1. The molecule has 0 unspecified atom stereocenters. The summed E-state index contributed by atoms with van der Waals surface area (Å²) in [5, 5.41) is 19.1. The number of esters is 1. The van der Waals surface area contributed by atoms with Crippen molar-refractivity contribution in [2.75, 3.05) is 6.61 Å². The van der Waals surface area contributed by atoms with Gasteiger partial charge in [-0.1, -0.05) is 6.92 Å². The van der Waals surface area contributed by atoms with Crippen LogP contribution in [0.3, 0.4) is 0 Å². The van der Waals surface area contributed by atoms with Crippen molar-refractivity contribution in [3.8, 4) is 6.07 Å². The number of Topliss-reactive ketones (excluding diaryl/α,β-unsaturated/α-hetero) is 1. The maximum Gasteiger partial charge on any atom is 0.341 e. The van der Waals surface area contributed by atoms with Crippen LogP contribution in [-0.4, -0.2) is 23.3 Å². The lowest BCUT2D eigenvalue weighted by Crippen LogP contribution is -2.16. The lowest BCUT2D eigenvalue weighted by atomic mass is 10.0. The van der Waals surface area contributed by atoms with Crippen LogP contribution in [0, 0.1) is 21.4 Å². The standard InChI is InChI=1S/C16H16N2O5/c1-2-4-15(19)14(16(20)23-10-3-9-17)11-12-5-7-13(8-6-12)18(21)22/h5-8,11H,2-4,10H2,1H3/b14-11+. The molecule has 0 heterocycles. The summed E-state index contributed by atoms with van der Waals surface area (Å²) in [6.07, 6.45) is 2.14. The minimum atomic E-state index is -0.794. The molecule has 0 atom stereocenters. The second-order valence-electron chi connectivity index (χ2n) is 4.62. The van der Waals surface area contributed by atoms with E-state index in [-0.39, 0.29) is 36.5 Å². The molecule has 0 spiro atoms. The van der Waals surface area contributed by atoms with Crippen LogP contribution in [0.25, 0.3) is 6.08 Å². The zero-order valence-corrected chi connectivity index (χ0v) is 12.7. The molecule has 7 nitrogen and oxygen atoms in total. The molecule has 0 aromatic heterocycles. The largest absolute Gasteiger partial charge is 0.461 e. The molecular weight excluding hydrogens is 300 g/mol. The van der Waals surface area contributed by atoms with Crippen molar-refractivity contribution in [2.45, 2.75) is 26.2 Å². The Labute approximate surface area is 133 Å². The molecule has 0 amide bonds. The topological polar surface area (TPSA) is 110 Å². The van der Waals surface area contributed by atoms with Gasteiger partial charge in [-0.2, -0.15) is 5.26 Å². The molecule has 0 aliphatic heterocycles. The summed E-state index contributed by atoms with van der Waals surface area (Å²) in [6, 6.07) is 7.30. The fraction of sp³-hybridized carbons (Fsp3) is 0.312. The number of rotatable bonds is 8. The van der Waals surface area contributed by atoms with Crippen molar-refractivity contribution in [1.29, 1.82) is 5.26 Å². The van der Waals surface area contributed by atoms with Crippen LogP contribution in [0.15, 0.2) is 29.8 Å². The monoisotopic (exact) mass is 316 g/mol. The molecule has 0 bridgehead atoms. The van der Waals surface area contributed by atoms with Gasteiger partial charge in [-0.05, 0) is 30.2 Å². The number of nitrogens with zero attached hydrogens (tertiary/aromatic N) is 2. The van der Waals surface area contributed by atoms with E-state index in [1.165, 1.54) is 30.3 Å². The third-order valence-electron chi connectivity index (χ3n) is 2.86. The zero-order valence-electron chi connectivity index (χ0n) is 12.7. The van der Waals surface area contributed by atoms with Gasteiger partial charge in [0.05, 0.1) is 17.4 Å². The lowest BCUT2D eigenvalue weighted by Gasteiger charge is -2.06. The summed E-state index contributed by atoms with van der Waals surface area (Å²) in [6.45, 7) is 1.72. The molecule has 1 rings (SSSR count). The summed E-state index contributed by atoms with van der Waals surface area (Å²) in [4.78, 5) is 34.1. The lowest BCUT2D eigenvalue weighted by molar-refractivity contribution is -0.384. The zero-order chi connectivity index (χ0) is 17.2. The van der Waals surface area contributed by atoms with Crippen LogP contribution >= 0.6 is 0 Å². The normalized spacial score (nSPS) is 10.7. The van der Waals surface area contributed by atoms with Crippen molar-refractivity contribution in [3.05, 3.63) is 45.5 Å². The highest BCUT2D eigenvalue weighted by Crippen LogP contribution is 2.16. The van der Waals surface area contributed by atoms with Crippen molar-refractivity contribution in [3.63, 3.8) is 0 Å². The Balaban J connectivity index is 3.02. The van der Waals surface area contributed by atoms with Gasteiger partial charge in [-0.3, -0.25) is 14.9 Å². The van der Waals surface area contributed by atoms with E-state index in [1.54, 1.807) is 0 Å². The van der Waals surface area contributed by atoms with Gasteiger partial charge in [0, 0.05) is 18.6 Å². The maximum absolute atomic E-state index is 12.1. The quantitative estimate of drug-likeness (QED) is 0.139. The molecule has 0 N–H and O–H groups in total. The molecule has 0 aliphatic carbocycles. The van der Waals surface area contributed by atoms with Crippen LogP contribution in [0.1, 0.15) is 31.7 Å². The number of nitro benzene ring substituents is 1. The van der Waals surface area contributed by atoms with Gasteiger partial charge in [-0.15, -0.1) is 0 Å². The summed E-state index contributed by atoms with van der Waals surface area (Å²) in [5.74, 6) is -1.16. The molecule has 23 heavy (non-hydrogen) atoms. The first-order valence-electron chi connectivity index (χ1n) is 7.03. The van der Waals surface area contributed by atoms with Crippen LogP contribution in [0.5, 0.6) is 0 Å². The van der Waals surface area contributed by atoms with E-state index >= 15 is 0 Å². The molecule has 120 valence electrons. The van der Waals surface area contributed by atoms with E-state index in [1.807, 2.05) is 13.0 Å². The summed E-state index contributed by atoms with van der Waals surface area (Å²) in [7, 11) is 0. The number of nitriles is 1. The molecule has 0 saturated carbocycles. The second-order valence-corrected chi connectivity index (χ2v) is 4.62. The number of benzene rings is 1. The van der Waals surface area contributed by atoms with Gasteiger partial charge in [0.1, 0.15) is 12.2 Å². The Morgan fingerprint density at radius 2 is 2.00 bits per heavy atom. The number of ether oxygens (including phenoxy) is 1. The van der Waals surface area contributed by atoms with Crippen LogP contribution in [0.4, 0.5) is 5.69 Å². The Morgan fingerprint density at radius 3 is 2.52 bits per heavy atom. The predicted molar refractivity (Wildman–Crippen MR) is 82.2 cm³/mol. The second kappa shape index (κ2) is 9.10. The average Bonchev–Trinajstić information content (AvgIpc) is 2.53. The van der Waals surface area contributed by atoms with E-state index in [9.17, 15) is 19.7 Å². The first-order valence-corrected chi connectivity index (χ1v) is 7.03. The van der Waals surface area contributed by atoms with Crippen molar-refractivity contribution in [2.24, 2.45) is 0 Å². The first kappa shape index (κ1) is 18.0. The van der Waals surface area contributed by atoms with E-state index in [0.29, 0.717) is 12.0 Å². The highest BCUT2D eigenvalue weighted by atomic mass is 16.6. The highest BCUT2D eigenvalue weighted by molar-refractivity contribution is 6.20.